The van der Waals surface area contributed by atoms with E-state index >= 15 is 0 Å². The quantitative estimate of drug-likeness (QED) is 0.829. The highest BCUT2D eigenvalue weighted by molar-refractivity contribution is 5.75. The van der Waals surface area contributed by atoms with Crippen LogP contribution in [0.5, 0.6) is 0 Å². The van der Waals surface area contributed by atoms with E-state index in [1.807, 2.05) is 0 Å². The fraction of sp³-hybridized carbons (Fsp3) is 0.364. The van der Waals surface area contributed by atoms with E-state index in [0.29, 0.717) is 0 Å². The van der Waals surface area contributed by atoms with E-state index in [0.717, 1.165) is 6.92 Å². The number of hydrogen-bond acceptors (Lipinski definition) is 2. The molecule has 1 unspecified atom stereocenters. The molecule has 16 heavy (non-hydrogen) atoms. The minimum absolute atomic E-state index is 0.233. The van der Waals surface area contributed by atoms with Crippen molar-refractivity contribution in [1.29, 1.82) is 0 Å². The first-order valence-corrected chi connectivity index (χ1v) is 4.75. The van der Waals surface area contributed by atoms with Gasteiger partial charge in [-0.15, -0.1) is 0 Å². The molecule has 3 N–H and O–H groups in total. The normalized spacial score (nSPS) is 13.5. The van der Waals surface area contributed by atoms with Crippen LogP contribution in [-0.4, -0.2) is 17.0 Å². The molecule has 0 radical (unpaired) electrons. The van der Waals surface area contributed by atoms with Crippen molar-refractivity contribution in [3.63, 3.8) is 0 Å². The van der Waals surface area contributed by atoms with Crippen LogP contribution in [0.2, 0.25) is 0 Å². The van der Waals surface area contributed by atoms with E-state index in [4.69, 9.17) is 10.8 Å². The largest absolute Gasteiger partial charge is 0.480 e. The van der Waals surface area contributed by atoms with Crippen molar-refractivity contribution in [3.05, 3.63) is 35.4 Å². The number of benzene rings is 1. The highest BCUT2D eigenvalue weighted by Crippen LogP contribution is 2.24. The second-order valence-electron chi connectivity index (χ2n) is 3.76. The Morgan fingerprint density at radius 1 is 1.50 bits per heavy atom. The molecule has 0 amide bonds. The van der Waals surface area contributed by atoms with E-state index in [-0.39, 0.29) is 11.1 Å². The van der Waals surface area contributed by atoms with Gasteiger partial charge in [0.25, 0.3) is 0 Å². The van der Waals surface area contributed by atoms with Crippen molar-refractivity contribution in [2.75, 3.05) is 0 Å². The summed E-state index contributed by atoms with van der Waals surface area (Å²) in [6.45, 7) is 0.788. The summed E-state index contributed by atoms with van der Waals surface area (Å²) in [5, 5.41) is 8.75. The molecule has 1 aromatic carbocycles. The smallest absolute Gasteiger partial charge is 0.325 e. The number of carbonyl (C=O) groups is 1. The molecule has 0 spiro atoms. The summed E-state index contributed by atoms with van der Waals surface area (Å²) in [6, 6.07) is 4.82. The molecule has 1 rings (SSSR count). The third-order valence-corrected chi connectivity index (χ3v) is 2.16. The SMILES string of the molecule is CC(F)(F)Cc1ccccc1C(N)C(=O)O. The Balaban J connectivity index is 3.05. The molecule has 88 valence electrons. The lowest BCUT2D eigenvalue weighted by molar-refractivity contribution is -0.138. The van der Waals surface area contributed by atoms with E-state index < -0.39 is 24.4 Å². The number of hydrogen-bond donors (Lipinski definition) is 2. The van der Waals surface area contributed by atoms with Crippen molar-refractivity contribution in [1.82, 2.24) is 0 Å². The fourth-order valence-electron chi connectivity index (χ4n) is 1.47. The Kier molecular flexibility index (Phi) is 3.59. The molecule has 5 heteroatoms. The van der Waals surface area contributed by atoms with Crippen LogP contribution in [0.1, 0.15) is 24.1 Å². The van der Waals surface area contributed by atoms with Crippen LogP contribution in [0.3, 0.4) is 0 Å². The van der Waals surface area contributed by atoms with E-state index in [2.05, 4.69) is 0 Å². The topological polar surface area (TPSA) is 63.3 Å². The van der Waals surface area contributed by atoms with E-state index in [1.54, 1.807) is 12.1 Å². The summed E-state index contributed by atoms with van der Waals surface area (Å²) < 4.78 is 25.7. The molecule has 0 aliphatic rings. The molecule has 1 aromatic rings. The van der Waals surface area contributed by atoms with Crippen LogP contribution in [-0.2, 0) is 11.2 Å². The van der Waals surface area contributed by atoms with E-state index in [1.165, 1.54) is 12.1 Å². The minimum Gasteiger partial charge on any atom is -0.480 e. The first-order chi connectivity index (χ1) is 7.31. The Labute approximate surface area is 91.9 Å². The number of alkyl halides is 2. The molecule has 0 aliphatic carbocycles. The average Bonchev–Trinajstić information content (AvgIpc) is 2.15. The number of carboxylic acid groups (broad SMARTS) is 1. The van der Waals surface area contributed by atoms with Crippen LogP contribution in [0.25, 0.3) is 0 Å². The third kappa shape index (κ3) is 3.27. The maximum atomic E-state index is 12.9. The summed E-state index contributed by atoms with van der Waals surface area (Å²) in [5.74, 6) is -4.11. The van der Waals surface area contributed by atoms with Crippen LogP contribution in [0.15, 0.2) is 24.3 Å². The molecule has 0 heterocycles. The molecule has 0 fully saturated rings. The monoisotopic (exact) mass is 229 g/mol. The molecule has 0 saturated heterocycles. The average molecular weight is 229 g/mol. The predicted octanol–water partition coefficient (Wildman–Crippen LogP) is 1.97. The maximum absolute atomic E-state index is 12.9. The first kappa shape index (κ1) is 12.6. The number of nitrogens with two attached hydrogens (primary N) is 1. The Hall–Kier alpha value is -1.49. The van der Waals surface area contributed by atoms with Gasteiger partial charge in [-0.05, 0) is 18.1 Å². The van der Waals surface area contributed by atoms with Crippen molar-refractivity contribution in [2.24, 2.45) is 5.73 Å². The lowest BCUT2D eigenvalue weighted by Crippen LogP contribution is -2.24. The van der Waals surface area contributed by atoms with Gasteiger partial charge in [0.15, 0.2) is 0 Å². The van der Waals surface area contributed by atoms with Crippen molar-refractivity contribution >= 4 is 5.97 Å². The maximum Gasteiger partial charge on any atom is 0.325 e. The van der Waals surface area contributed by atoms with Crippen LogP contribution in [0.4, 0.5) is 8.78 Å². The number of halogens is 2. The molecule has 0 bridgehead atoms. The Morgan fingerprint density at radius 2 is 2.06 bits per heavy atom. The van der Waals surface area contributed by atoms with Gasteiger partial charge < -0.3 is 10.8 Å². The first-order valence-electron chi connectivity index (χ1n) is 4.75. The Morgan fingerprint density at radius 3 is 2.56 bits per heavy atom. The molecule has 3 nitrogen and oxygen atoms in total. The zero-order valence-electron chi connectivity index (χ0n) is 8.78. The number of aliphatic carboxylic acids is 1. The lowest BCUT2D eigenvalue weighted by atomic mass is 9.97. The highest BCUT2D eigenvalue weighted by Gasteiger charge is 2.25. The molecule has 0 saturated carbocycles. The lowest BCUT2D eigenvalue weighted by Gasteiger charge is -2.16. The fourth-order valence-corrected chi connectivity index (χ4v) is 1.47. The number of rotatable bonds is 4. The molecular formula is C11H13F2NO2. The van der Waals surface area contributed by atoms with Gasteiger partial charge in [-0.1, -0.05) is 24.3 Å². The summed E-state index contributed by atoms with van der Waals surface area (Å²) in [5.41, 5.74) is 5.91. The van der Waals surface area contributed by atoms with Crippen LogP contribution < -0.4 is 5.73 Å². The summed E-state index contributed by atoms with van der Waals surface area (Å²) in [4.78, 5) is 10.7. The standard InChI is InChI=1S/C11H13F2NO2/c1-11(12,13)6-7-4-2-3-5-8(7)9(14)10(15)16/h2-5,9H,6,14H2,1H3,(H,15,16). The second kappa shape index (κ2) is 4.57. The van der Waals surface area contributed by atoms with Gasteiger partial charge in [-0.25, -0.2) is 8.78 Å². The second-order valence-corrected chi connectivity index (χ2v) is 3.76. The molecular weight excluding hydrogens is 216 g/mol. The summed E-state index contributed by atoms with van der Waals surface area (Å²) in [6.07, 6.45) is -0.510. The van der Waals surface area contributed by atoms with E-state index in [9.17, 15) is 13.6 Å². The van der Waals surface area contributed by atoms with Gasteiger partial charge in [0, 0.05) is 6.42 Å². The van der Waals surface area contributed by atoms with Gasteiger partial charge in [-0.3, -0.25) is 4.79 Å². The van der Waals surface area contributed by atoms with Crippen LogP contribution in [0, 0.1) is 0 Å². The Bertz CT molecular complexity index is 388. The van der Waals surface area contributed by atoms with Gasteiger partial charge in [0.2, 0.25) is 5.92 Å². The van der Waals surface area contributed by atoms with Crippen molar-refractivity contribution < 1.29 is 18.7 Å². The minimum atomic E-state index is -2.88. The third-order valence-electron chi connectivity index (χ3n) is 2.16. The van der Waals surface area contributed by atoms with Crippen molar-refractivity contribution in [3.8, 4) is 0 Å². The highest BCUT2D eigenvalue weighted by atomic mass is 19.3. The van der Waals surface area contributed by atoms with Gasteiger partial charge in [0.05, 0.1) is 0 Å². The van der Waals surface area contributed by atoms with Gasteiger partial charge in [-0.2, -0.15) is 0 Å². The van der Waals surface area contributed by atoms with Gasteiger partial charge >= 0.3 is 5.97 Å². The zero-order chi connectivity index (χ0) is 12.3. The van der Waals surface area contributed by atoms with Gasteiger partial charge in [0.1, 0.15) is 6.04 Å². The number of carboxylic acids is 1. The van der Waals surface area contributed by atoms with Crippen LogP contribution >= 0.6 is 0 Å². The predicted molar refractivity (Wildman–Crippen MR) is 55.3 cm³/mol. The van der Waals surface area contributed by atoms with Crippen molar-refractivity contribution in [2.45, 2.75) is 25.3 Å². The summed E-state index contributed by atoms with van der Waals surface area (Å²) in [7, 11) is 0. The molecule has 0 aliphatic heterocycles. The molecule has 1 atom stereocenters. The zero-order valence-corrected chi connectivity index (χ0v) is 8.78. The molecule has 0 aromatic heterocycles. The summed E-state index contributed by atoms with van der Waals surface area (Å²) >= 11 is 0.